The van der Waals surface area contributed by atoms with Crippen molar-refractivity contribution in [3.05, 3.63) is 0 Å². The summed E-state index contributed by atoms with van der Waals surface area (Å²) in [5.41, 5.74) is 5.73. The van der Waals surface area contributed by atoms with E-state index in [4.69, 9.17) is 5.73 Å². The molecule has 1 atom stereocenters. The molecule has 0 saturated heterocycles. The fraction of sp³-hybridized carbons (Fsp3) is 0.900. The summed E-state index contributed by atoms with van der Waals surface area (Å²) < 4.78 is 26.1. The number of rotatable bonds is 2. The summed E-state index contributed by atoms with van der Waals surface area (Å²) in [5.74, 6) is -2.24. The molecule has 1 unspecified atom stereocenters. The van der Waals surface area contributed by atoms with Crippen LogP contribution in [0.3, 0.4) is 0 Å². The number of halogens is 2. The number of amidine groups is 1. The maximum atomic E-state index is 13.1. The molecular weight excluding hydrogens is 186 g/mol. The largest absolute Gasteiger partial charge is 0.387 e. The molecule has 0 aromatic rings. The van der Waals surface area contributed by atoms with Crippen LogP contribution in [0.15, 0.2) is 4.99 Å². The van der Waals surface area contributed by atoms with Crippen molar-refractivity contribution in [3.8, 4) is 0 Å². The highest BCUT2D eigenvalue weighted by atomic mass is 19.3. The van der Waals surface area contributed by atoms with Crippen molar-refractivity contribution in [3.63, 3.8) is 0 Å². The standard InChI is InChI=1S/C10H16F2N2/c11-10(12)5-1-2-7(6-10)9(13)14-8-3-4-8/h7-8H,1-6H2,(H2,13,14). The lowest BCUT2D eigenvalue weighted by molar-refractivity contribution is -0.0429. The highest BCUT2D eigenvalue weighted by molar-refractivity contribution is 5.83. The predicted molar refractivity (Wildman–Crippen MR) is 51.5 cm³/mol. The zero-order valence-electron chi connectivity index (χ0n) is 8.18. The third-order valence-corrected chi connectivity index (χ3v) is 2.94. The molecule has 0 heterocycles. The molecule has 0 aromatic carbocycles. The van der Waals surface area contributed by atoms with Gasteiger partial charge in [0.05, 0.1) is 11.9 Å². The molecule has 80 valence electrons. The van der Waals surface area contributed by atoms with Gasteiger partial charge in [0.1, 0.15) is 0 Å². The van der Waals surface area contributed by atoms with Gasteiger partial charge in [0.15, 0.2) is 0 Å². The fourth-order valence-electron chi connectivity index (χ4n) is 1.94. The Balaban J connectivity index is 1.96. The lowest BCUT2D eigenvalue weighted by Gasteiger charge is -2.28. The van der Waals surface area contributed by atoms with Gasteiger partial charge in [-0.3, -0.25) is 4.99 Å². The van der Waals surface area contributed by atoms with E-state index in [1.165, 1.54) is 0 Å². The SMILES string of the molecule is NC(=NC1CC1)C1CCCC(F)(F)C1. The molecule has 0 aromatic heterocycles. The Morgan fingerprint density at radius 2 is 2.00 bits per heavy atom. The van der Waals surface area contributed by atoms with E-state index in [1.54, 1.807) is 0 Å². The van der Waals surface area contributed by atoms with E-state index in [-0.39, 0.29) is 18.8 Å². The molecule has 0 spiro atoms. The van der Waals surface area contributed by atoms with Crippen LogP contribution < -0.4 is 5.73 Å². The monoisotopic (exact) mass is 202 g/mol. The van der Waals surface area contributed by atoms with E-state index in [0.717, 1.165) is 19.3 Å². The normalized spacial score (nSPS) is 33.0. The van der Waals surface area contributed by atoms with E-state index in [9.17, 15) is 8.78 Å². The van der Waals surface area contributed by atoms with E-state index >= 15 is 0 Å². The molecule has 14 heavy (non-hydrogen) atoms. The predicted octanol–water partition coefficient (Wildman–Crippen LogP) is 2.33. The summed E-state index contributed by atoms with van der Waals surface area (Å²) in [7, 11) is 0. The summed E-state index contributed by atoms with van der Waals surface area (Å²) in [6.07, 6.45) is 3.40. The zero-order chi connectivity index (χ0) is 10.2. The maximum absolute atomic E-state index is 13.1. The Kier molecular flexibility index (Phi) is 2.45. The second-order valence-corrected chi connectivity index (χ2v) is 4.43. The van der Waals surface area contributed by atoms with Gasteiger partial charge in [0.25, 0.3) is 0 Å². The highest BCUT2D eigenvalue weighted by Crippen LogP contribution is 2.37. The van der Waals surface area contributed by atoms with E-state index in [0.29, 0.717) is 18.3 Å². The smallest absolute Gasteiger partial charge is 0.248 e. The molecule has 0 bridgehead atoms. The highest BCUT2D eigenvalue weighted by Gasteiger charge is 2.38. The molecule has 2 aliphatic rings. The average Bonchev–Trinajstić information content (AvgIpc) is 2.86. The van der Waals surface area contributed by atoms with E-state index in [1.807, 2.05) is 0 Å². The van der Waals surface area contributed by atoms with Gasteiger partial charge in [-0.15, -0.1) is 0 Å². The van der Waals surface area contributed by atoms with Gasteiger partial charge in [-0.2, -0.15) is 0 Å². The van der Waals surface area contributed by atoms with Crippen LogP contribution in [0.1, 0.15) is 38.5 Å². The molecule has 2 fully saturated rings. The van der Waals surface area contributed by atoms with Crippen LogP contribution in [-0.4, -0.2) is 17.8 Å². The van der Waals surface area contributed by atoms with Crippen molar-refractivity contribution in [2.75, 3.05) is 0 Å². The molecule has 2 rings (SSSR count). The molecule has 2 nitrogen and oxygen atoms in total. The molecule has 0 aliphatic heterocycles. The lowest BCUT2D eigenvalue weighted by Crippen LogP contribution is -2.34. The fourth-order valence-corrected chi connectivity index (χ4v) is 1.94. The molecule has 4 heteroatoms. The van der Waals surface area contributed by atoms with E-state index < -0.39 is 5.92 Å². The first-order chi connectivity index (χ1) is 6.57. The number of alkyl halides is 2. The molecule has 2 N–H and O–H groups in total. The lowest BCUT2D eigenvalue weighted by atomic mass is 9.86. The van der Waals surface area contributed by atoms with Crippen LogP contribution in [0.25, 0.3) is 0 Å². The first-order valence-electron chi connectivity index (χ1n) is 5.28. The van der Waals surface area contributed by atoms with Gasteiger partial charge >= 0.3 is 0 Å². The van der Waals surface area contributed by atoms with Crippen molar-refractivity contribution in [1.29, 1.82) is 0 Å². The van der Waals surface area contributed by atoms with Gasteiger partial charge in [0.2, 0.25) is 5.92 Å². The van der Waals surface area contributed by atoms with Crippen molar-refractivity contribution in [2.45, 2.75) is 50.5 Å². The van der Waals surface area contributed by atoms with Gasteiger partial charge in [-0.1, -0.05) is 0 Å². The topological polar surface area (TPSA) is 38.4 Å². The van der Waals surface area contributed by atoms with Crippen LogP contribution >= 0.6 is 0 Å². The summed E-state index contributed by atoms with van der Waals surface area (Å²) in [6.45, 7) is 0. The van der Waals surface area contributed by atoms with Gasteiger partial charge < -0.3 is 5.73 Å². The van der Waals surface area contributed by atoms with Gasteiger partial charge in [-0.05, 0) is 25.7 Å². The van der Waals surface area contributed by atoms with E-state index in [2.05, 4.69) is 4.99 Å². The zero-order valence-corrected chi connectivity index (χ0v) is 8.18. The molecule has 2 saturated carbocycles. The molecule has 0 radical (unpaired) electrons. The van der Waals surface area contributed by atoms with Crippen LogP contribution in [0.2, 0.25) is 0 Å². The summed E-state index contributed by atoms with van der Waals surface area (Å²) in [4.78, 5) is 4.24. The van der Waals surface area contributed by atoms with Crippen LogP contribution in [-0.2, 0) is 0 Å². The van der Waals surface area contributed by atoms with Crippen LogP contribution in [0.4, 0.5) is 8.78 Å². The molecule has 2 aliphatic carbocycles. The summed E-state index contributed by atoms with van der Waals surface area (Å²) >= 11 is 0. The number of hydrogen-bond donors (Lipinski definition) is 1. The minimum absolute atomic E-state index is 0.0141. The number of hydrogen-bond acceptors (Lipinski definition) is 1. The van der Waals surface area contributed by atoms with Gasteiger partial charge in [-0.25, -0.2) is 8.78 Å². The second-order valence-electron chi connectivity index (χ2n) is 4.43. The van der Waals surface area contributed by atoms with Crippen LogP contribution in [0.5, 0.6) is 0 Å². The average molecular weight is 202 g/mol. The van der Waals surface area contributed by atoms with Crippen LogP contribution in [0, 0.1) is 5.92 Å². The third-order valence-electron chi connectivity index (χ3n) is 2.94. The number of nitrogens with two attached hydrogens (primary N) is 1. The molecular formula is C10H16F2N2. The minimum atomic E-state index is -2.52. The number of nitrogens with zero attached hydrogens (tertiary/aromatic N) is 1. The van der Waals surface area contributed by atoms with Crippen molar-refractivity contribution >= 4 is 5.84 Å². The quantitative estimate of drug-likeness (QED) is 0.541. The summed E-state index contributed by atoms with van der Waals surface area (Å²) in [6, 6.07) is 0.338. The van der Waals surface area contributed by atoms with Crippen molar-refractivity contribution in [1.82, 2.24) is 0 Å². The Morgan fingerprint density at radius 1 is 1.29 bits per heavy atom. The number of aliphatic imine (C=N–C) groups is 1. The van der Waals surface area contributed by atoms with Crippen molar-refractivity contribution in [2.24, 2.45) is 16.6 Å². The Bertz CT molecular complexity index is 247. The Morgan fingerprint density at radius 3 is 2.57 bits per heavy atom. The Hall–Kier alpha value is -0.670. The molecule has 0 amide bonds. The first-order valence-corrected chi connectivity index (χ1v) is 5.28. The maximum Gasteiger partial charge on any atom is 0.248 e. The van der Waals surface area contributed by atoms with Gasteiger partial charge in [0, 0.05) is 18.8 Å². The minimum Gasteiger partial charge on any atom is -0.387 e. The first kappa shape index (κ1) is 9.87. The Labute approximate surface area is 82.6 Å². The second kappa shape index (κ2) is 3.48. The summed E-state index contributed by atoms with van der Waals surface area (Å²) in [5, 5.41) is 0. The third kappa shape index (κ3) is 2.42. The van der Waals surface area contributed by atoms with Crippen molar-refractivity contribution < 1.29 is 8.78 Å².